The molecule has 0 aromatic heterocycles. The topological polar surface area (TPSA) is 58.2 Å². The number of para-hydroxylation sites is 1. The van der Waals surface area contributed by atoms with E-state index in [1.54, 1.807) is 25.2 Å². The maximum Gasteiger partial charge on any atom is 0.242 e. The molecule has 0 radical (unpaired) electrons. The van der Waals surface area contributed by atoms with Crippen molar-refractivity contribution in [1.82, 2.24) is 4.72 Å². The quantitative estimate of drug-likeness (QED) is 0.848. The van der Waals surface area contributed by atoms with Gasteiger partial charge in [-0.15, -0.1) is 0 Å². The highest BCUT2D eigenvalue weighted by molar-refractivity contribution is 7.89. The van der Waals surface area contributed by atoms with Crippen molar-refractivity contribution in [1.29, 1.82) is 0 Å². The summed E-state index contributed by atoms with van der Waals surface area (Å²) in [6.45, 7) is 2.70. The molecule has 0 spiro atoms. The van der Waals surface area contributed by atoms with E-state index in [-0.39, 0.29) is 5.41 Å². The van der Waals surface area contributed by atoms with Crippen LogP contribution in [0.1, 0.15) is 39.0 Å². The average molecular weight is 296 g/mol. The Morgan fingerprint density at radius 3 is 2.45 bits per heavy atom. The zero-order valence-corrected chi connectivity index (χ0v) is 13.1. The first kappa shape index (κ1) is 15.3. The molecule has 0 aliphatic heterocycles. The largest absolute Gasteiger partial charge is 0.387 e. The molecule has 0 saturated heterocycles. The molecule has 20 heavy (non-hydrogen) atoms. The minimum absolute atomic E-state index is 0.154. The summed E-state index contributed by atoms with van der Waals surface area (Å²) >= 11 is 0. The number of anilines is 1. The van der Waals surface area contributed by atoms with Gasteiger partial charge in [0.25, 0.3) is 0 Å². The lowest BCUT2D eigenvalue weighted by Crippen LogP contribution is -2.35. The van der Waals surface area contributed by atoms with Gasteiger partial charge in [-0.3, -0.25) is 0 Å². The number of sulfonamides is 1. The van der Waals surface area contributed by atoms with Crippen molar-refractivity contribution in [2.45, 2.75) is 43.9 Å². The van der Waals surface area contributed by atoms with Crippen molar-refractivity contribution >= 4 is 15.7 Å². The van der Waals surface area contributed by atoms with Crippen LogP contribution in [0.2, 0.25) is 0 Å². The first-order chi connectivity index (χ1) is 9.53. The van der Waals surface area contributed by atoms with Gasteiger partial charge in [-0.2, -0.15) is 0 Å². The molecule has 1 aliphatic rings. The summed E-state index contributed by atoms with van der Waals surface area (Å²) < 4.78 is 27.8. The molecule has 0 amide bonds. The molecule has 0 atom stereocenters. The van der Waals surface area contributed by atoms with E-state index in [1.807, 2.05) is 6.07 Å². The molecule has 1 aliphatic carbocycles. The fourth-order valence-corrected chi connectivity index (χ4v) is 4.38. The van der Waals surface area contributed by atoms with E-state index < -0.39 is 10.0 Å². The molecule has 1 aromatic carbocycles. The second-order valence-corrected chi connectivity index (χ2v) is 7.37. The standard InChI is InChI=1S/C15H24N2O2S/c1-3-15(10-6-7-11-15)12-17-20(18,19)14-9-5-4-8-13(14)16-2/h4-5,8-9,16-17H,3,6-7,10-12H2,1-2H3. The average Bonchev–Trinajstić information content (AvgIpc) is 2.95. The van der Waals surface area contributed by atoms with Gasteiger partial charge in [0.05, 0.1) is 5.69 Å². The van der Waals surface area contributed by atoms with Gasteiger partial charge in [0.1, 0.15) is 4.90 Å². The smallest absolute Gasteiger partial charge is 0.242 e. The molecular weight excluding hydrogens is 272 g/mol. The molecule has 4 nitrogen and oxygen atoms in total. The summed E-state index contributed by atoms with van der Waals surface area (Å²) in [5.41, 5.74) is 0.791. The Morgan fingerprint density at radius 2 is 1.85 bits per heavy atom. The Morgan fingerprint density at radius 1 is 1.20 bits per heavy atom. The zero-order valence-electron chi connectivity index (χ0n) is 12.3. The minimum Gasteiger partial charge on any atom is -0.387 e. The Kier molecular flexibility index (Phi) is 4.70. The molecular formula is C15H24N2O2S. The van der Waals surface area contributed by atoms with Crippen LogP contribution < -0.4 is 10.0 Å². The van der Waals surface area contributed by atoms with Gasteiger partial charge >= 0.3 is 0 Å². The number of benzene rings is 1. The molecule has 2 rings (SSSR count). The normalized spacial score (nSPS) is 18.1. The van der Waals surface area contributed by atoms with Crippen molar-refractivity contribution in [2.75, 3.05) is 18.9 Å². The summed E-state index contributed by atoms with van der Waals surface area (Å²) in [5, 5.41) is 2.93. The van der Waals surface area contributed by atoms with Crippen LogP contribution in [0.5, 0.6) is 0 Å². The zero-order chi connectivity index (χ0) is 14.6. The second kappa shape index (κ2) is 6.14. The third-order valence-electron chi connectivity index (χ3n) is 4.50. The van der Waals surface area contributed by atoms with Crippen LogP contribution in [-0.4, -0.2) is 22.0 Å². The van der Waals surface area contributed by atoms with Crippen LogP contribution in [0.3, 0.4) is 0 Å². The molecule has 1 saturated carbocycles. The lowest BCUT2D eigenvalue weighted by molar-refractivity contribution is 0.285. The van der Waals surface area contributed by atoms with Gasteiger partial charge in [-0.1, -0.05) is 31.9 Å². The number of rotatable bonds is 6. The minimum atomic E-state index is -3.45. The molecule has 5 heteroatoms. The van der Waals surface area contributed by atoms with Crippen LogP contribution in [0.25, 0.3) is 0 Å². The van der Waals surface area contributed by atoms with E-state index in [4.69, 9.17) is 0 Å². The summed E-state index contributed by atoms with van der Waals surface area (Å²) in [5.74, 6) is 0. The fourth-order valence-electron chi connectivity index (χ4n) is 3.01. The predicted octanol–water partition coefficient (Wildman–Crippen LogP) is 2.98. The number of hydrogen-bond acceptors (Lipinski definition) is 3. The molecule has 0 unspecified atom stereocenters. The maximum atomic E-state index is 12.5. The second-order valence-electron chi connectivity index (χ2n) is 5.63. The molecule has 112 valence electrons. The highest BCUT2D eigenvalue weighted by atomic mass is 32.2. The monoisotopic (exact) mass is 296 g/mol. The van der Waals surface area contributed by atoms with Crippen LogP contribution >= 0.6 is 0 Å². The predicted molar refractivity (Wildman–Crippen MR) is 82.4 cm³/mol. The van der Waals surface area contributed by atoms with E-state index in [0.717, 1.165) is 19.3 Å². The lowest BCUT2D eigenvalue weighted by atomic mass is 9.84. The van der Waals surface area contributed by atoms with Gasteiger partial charge in [0.2, 0.25) is 10.0 Å². The van der Waals surface area contributed by atoms with Crippen molar-refractivity contribution in [2.24, 2.45) is 5.41 Å². The molecule has 0 heterocycles. The number of hydrogen-bond donors (Lipinski definition) is 2. The van der Waals surface area contributed by atoms with Gasteiger partial charge in [-0.25, -0.2) is 13.1 Å². The van der Waals surface area contributed by atoms with Gasteiger partial charge in [0, 0.05) is 13.6 Å². The van der Waals surface area contributed by atoms with Gasteiger partial charge in [0.15, 0.2) is 0 Å². The SMILES string of the molecule is CCC1(CNS(=O)(=O)c2ccccc2NC)CCCC1. The Bertz CT molecular complexity index is 549. The van der Waals surface area contributed by atoms with Crippen LogP contribution in [0.4, 0.5) is 5.69 Å². The molecule has 2 N–H and O–H groups in total. The molecule has 0 bridgehead atoms. The first-order valence-corrected chi connectivity index (χ1v) is 8.78. The van der Waals surface area contributed by atoms with E-state index in [2.05, 4.69) is 17.0 Å². The summed E-state index contributed by atoms with van der Waals surface area (Å²) in [7, 11) is -1.72. The fraction of sp³-hybridized carbons (Fsp3) is 0.600. The third kappa shape index (κ3) is 3.15. The van der Waals surface area contributed by atoms with E-state index in [9.17, 15) is 8.42 Å². The third-order valence-corrected chi connectivity index (χ3v) is 5.96. The summed E-state index contributed by atoms with van der Waals surface area (Å²) in [6.07, 6.45) is 5.70. The van der Waals surface area contributed by atoms with Crippen molar-refractivity contribution < 1.29 is 8.42 Å². The van der Waals surface area contributed by atoms with E-state index in [1.165, 1.54) is 12.8 Å². The Hall–Kier alpha value is -1.07. The highest BCUT2D eigenvalue weighted by Gasteiger charge is 2.33. The highest BCUT2D eigenvalue weighted by Crippen LogP contribution is 2.40. The van der Waals surface area contributed by atoms with Crippen molar-refractivity contribution in [3.8, 4) is 0 Å². The lowest BCUT2D eigenvalue weighted by Gasteiger charge is -2.27. The van der Waals surface area contributed by atoms with Gasteiger partial charge < -0.3 is 5.32 Å². The van der Waals surface area contributed by atoms with Crippen LogP contribution in [0, 0.1) is 5.41 Å². The van der Waals surface area contributed by atoms with Crippen LogP contribution in [0.15, 0.2) is 29.2 Å². The number of nitrogens with one attached hydrogen (secondary N) is 2. The van der Waals surface area contributed by atoms with Crippen molar-refractivity contribution in [3.63, 3.8) is 0 Å². The molecule has 1 aromatic rings. The first-order valence-electron chi connectivity index (χ1n) is 7.29. The Balaban J connectivity index is 2.15. The summed E-state index contributed by atoms with van der Waals surface area (Å²) in [6, 6.07) is 7.00. The molecule has 1 fully saturated rings. The van der Waals surface area contributed by atoms with E-state index >= 15 is 0 Å². The van der Waals surface area contributed by atoms with Crippen LogP contribution in [-0.2, 0) is 10.0 Å². The maximum absolute atomic E-state index is 12.5. The van der Waals surface area contributed by atoms with E-state index in [0.29, 0.717) is 17.1 Å². The summed E-state index contributed by atoms with van der Waals surface area (Å²) in [4.78, 5) is 0.326. The van der Waals surface area contributed by atoms with Crippen molar-refractivity contribution in [3.05, 3.63) is 24.3 Å². The van der Waals surface area contributed by atoms with Gasteiger partial charge in [-0.05, 0) is 36.8 Å². The Labute approximate surface area is 122 Å².